The van der Waals surface area contributed by atoms with Gasteiger partial charge in [0.2, 0.25) is 0 Å². The Balaban J connectivity index is 1.69. The Hall–Kier alpha value is -2.44. The molecule has 0 spiro atoms. The molecular formula is C20H22BNO4. The van der Waals surface area contributed by atoms with E-state index in [1.807, 2.05) is 64.1 Å². The smallest absolute Gasteiger partial charge is 0.399 e. The van der Waals surface area contributed by atoms with E-state index in [1.54, 1.807) is 12.1 Å². The molecule has 0 atom stereocenters. The predicted octanol–water partition coefficient (Wildman–Crippen LogP) is 4.06. The van der Waals surface area contributed by atoms with Crippen molar-refractivity contribution >= 4 is 30.4 Å². The van der Waals surface area contributed by atoms with Crippen molar-refractivity contribution in [3.8, 4) is 0 Å². The molecule has 2 aromatic carbocycles. The Kier molecular flexibility index (Phi) is 4.73. The van der Waals surface area contributed by atoms with E-state index in [2.05, 4.69) is 0 Å². The zero-order valence-corrected chi connectivity index (χ0v) is 15.4. The second-order valence-electron chi connectivity index (χ2n) is 7.44. The third-order valence-corrected chi connectivity index (χ3v) is 5.03. The quantitative estimate of drug-likeness (QED) is 0.361. The summed E-state index contributed by atoms with van der Waals surface area (Å²) in [6, 6.07) is 14.5. The van der Waals surface area contributed by atoms with Gasteiger partial charge in [-0.1, -0.05) is 36.4 Å². The van der Waals surface area contributed by atoms with Gasteiger partial charge < -0.3 is 9.31 Å². The average molecular weight is 351 g/mol. The molecule has 0 aromatic heterocycles. The van der Waals surface area contributed by atoms with Crippen LogP contribution >= 0.6 is 0 Å². The number of nitro groups is 1. The molecule has 1 aliphatic rings. The van der Waals surface area contributed by atoms with Gasteiger partial charge in [0.05, 0.1) is 16.1 Å². The number of nitrogens with zero attached hydrogens (tertiary/aromatic N) is 1. The number of hydrogen-bond acceptors (Lipinski definition) is 4. The summed E-state index contributed by atoms with van der Waals surface area (Å²) in [5, 5.41) is 10.7. The van der Waals surface area contributed by atoms with Gasteiger partial charge in [0, 0.05) is 12.1 Å². The van der Waals surface area contributed by atoms with Gasteiger partial charge in [-0.2, -0.15) is 0 Å². The molecule has 1 aliphatic heterocycles. The van der Waals surface area contributed by atoms with Crippen LogP contribution in [-0.4, -0.2) is 23.2 Å². The van der Waals surface area contributed by atoms with Gasteiger partial charge in [0.15, 0.2) is 0 Å². The Morgan fingerprint density at radius 3 is 1.69 bits per heavy atom. The molecule has 5 nitrogen and oxygen atoms in total. The predicted molar refractivity (Wildman–Crippen MR) is 104 cm³/mol. The SMILES string of the molecule is CC1(C)OB(c2ccc(/C=C/c3ccc([N+](=O)[O-])cc3)cc2)OC1(C)C. The van der Waals surface area contributed by atoms with Crippen molar-refractivity contribution in [2.75, 3.05) is 0 Å². The first-order valence-electron chi connectivity index (χ1n) is 8.56. The maximum atomic E-state index is 10.7. The highest BCUT2D eigenvalue weighted by atomic mass is 16.7. The van der Waals surface area contributed by atoms with Crippen molar-refractivity contribution < 1.29 is 14.2 Å². The lowest BCUT2D eigenvalue weighted by atomic mass is 9.79. The van der Waals surface area contributed by atoms with Gasteiger partial charge >= 0.3 is 7.12 Å². The molecule has 26 heavy (non-hydrogen) atoms. The first kappa shape index (κ1) is 18.4. The molecular weight excluding hydrogens is 329 g/mol. The summed E-state index contributed by atoms with van der Waals surface area (Å²) in [5.74, 6) is 0. The molecule has 0 aliphatic carbocycles. The number of rotatable bonds is 4. The van der Waals surface area contributed by atoms with Crippen molar-refractivity contribution in [2.24, 2.45) is 0 Å². The van der Waals surface area contributed by atoms with Gasteiger partial charge in [0.25, 0.3) is 5.69 Å². The third kappa shape index (κ3) is 3.71. The van der Waals surface area contributed by atoms with Crippen LogP contribution < -0.4 is 5.46 Å². The molecule has 0 N–H and O–H groups in total. The highest BCUT2D eigenvalue weighted by molar-refractivity contribution is 6.62. The van der Waals surface area contributed by atoms with E-state index in [0.29, 0.717) is 0 Å². The Bertz CT molecular complexity index is 810. The average Bonchev–Trinajstić information content (AvgIpc) is 2.81. The van der Waals surface area contributed by atoms with E-state index >= 15 is 0 Å². The van der Waals surface area contributed by atoms with E-state index in [4.69, 9.17) is 9.31 Å². The molecule has 0 amide bonds. The lowest BCUT2D eigenvalue weighted by Gasteiger charge is -2.32. The lowest BCUT2D eigenvalue weighted by Crippen LogP contribution is -2.41. The Morgan fingerprint density at radius 2 is 1.27 bits per heavy atom. The highest BCUT2D eigenvalue weighted by Gasteiger charge is 2.51. The summed E-state index contributed by atoms with van der Waals surface area (Å²) in [4.78, 5) is 10.3. The van der Waals surface area contributed by atoms with Crippen LogP contribution in [0.15, 0.2) is 48.5 Å². The van der Waals surface area contributed by atoms with Crippen LogP contribution in [-0.2, 0) is 9.31 Å². The van der Waals surface area contributed by atoms with E-state index < -0.39 is 4.92 Å². The monoisotopic (exact) mass is 351 g/mol. The molecule has 2 aromatic rings. The minimum atomic E-state index is -0.401. The van der Waals surface area contributed by atoms with E-state index in [9.17, 15) is 10.1 Å². The minimum Gasteiger partial charge on any atom is -0.399 e. The number of hydrogen-bond donors (Lipinski definition) is 0. The highest BCUT2D eigenvalue weighted by Crippen LogP contribution is 2.36. The lowest BCUT2D eigenvalue weighted by molar-refractivity contribution is -0.384. The molecule has 0 radical (unpaired) electrons. The van der Waals surface area contributed by atoms with Crippen molar-refractivity contribution in [3.63, 3.8) is 0 Å². The van der Waals surface area contributed by atoms with Crippen molar-refractivity contribution in [1.29, 1.82) is 0 Å². The second-order valence-corrected chi connectivity index (χ2v) is 7.44. The van der Waals surface area contributed by atoms with E-state index in [0.717, 1.165) is 16.6 Å². The topological polar surface area (TPSA) is 61.6 Å². The maximum Gasteiger partial charge on any atom is 0.494 e. The summed E-state index contributed by atoms with van der Waals surface area (Å²) < 4.78 is 12.1. The van der Waals surface area contributed by atoms with Crippen LogP contribution in [0.3, 0.4) is 0 Å². The molecule has 0 unspecified atom stereocenters. The van der Waals surface area contributed by atoms with Gasteiger partial charge in [-0.05, 0) is 56.4 Å². The summed E-state index contributed by atoms with van der Waals surface area (Å²) in [6.07, 6.45) is 3.89. The van der Waals surface area contributed by atoms with Crippen LogP contribution in [0.5, 0.6) is 0 Å². The fourth-order valence-corrected chi connectivity index (χ4v) is 2.64. The first-order chi connectivity index (χ1) is 12.2. The molecule has 0 bridgehead atoms. The van der Waals surface area contributed by atoms with Crippen LogP contribution in [0.1, 0.15) is 38.8 Å². The van der Waals surface area contributed by atoms with Crippen LogP contribution in [0.2, 0.25) is 0 Å². The number of non-ortho nitro benzene ring substituents is 1. The molecule has 134 valence electrons. The fourth-order valence-electron chi connectivity index (χ4n) is 2.64. The van der Waals surface area contributed by atoms with E-state index in [1.165, 1.54) is 12.1 Å². The maximum absolute atomic E-state index is 10.7. The molecule has 0 saturated carbocycles. The fraction of sp³-hybridized carbons (Fsp3) is 0.300. The van der Waals surface area contributed by atoms with Gasteiger partial charge in [-0.3, -0.25) is 10.1 Å². The number of benzene rings is 2. The van der Waals surface area contributed by atoms with Gasteiger partial charge in [-0.25, -0.2) is 0 Å². The molecule has 1 saturated heterocycles. The van der Waals surface area contributed by atoms with Crippen molar-refractivity contribution in [3.05, 3.63) is 69.8 Å². The first-order valence-corrected chi connectivity index (χ1v) is 8.56. The molecule has 1 fully saturated rings. The van der Waals surface area contributed by atoms with Gasteiger partial charge in [0.1, 0.15) is 0 Å². The summed E-state index contributed by atoms with van der Waals surface area (Å²) in [5.41, 5.74) is 2.30. The standard InChI is InChI=1S/C20H22BNO4/c1-19(2)20(3,4)26-21(25-19)17-11-7-15(8-12-17)5-6-16-9-13-18(14-10-16)22(23)24/h5-14H,1-4H3/b6-5+. The third-order valence-electron chi connectivity index (χ3n) is 5.03. The van der Waals surface area contributed by atoms with Crippen molar-refractivity contribution in [2.45, 2.75) is 38.9 Å². The largest absolute Gasteiger partial charge is 0.494 e. The zero-order chi connectivity index (χ0) is 18.9. The number of nitro benzene ring substituents is 1. The minimum absolute atomic E-state index is 0.0916. The summed E-state index contributed by atoms with van der Waals surface area (Å²) >= 11 is 0. The molecule has 6 heteroatoms. The molecule has 1 heterocycles. The summed E-state index contributed by atoms with van der Waals surface area (Å²) in [7, 11) is -0.368. The normalized spacial score (nSPS) is 18.4. The Labute approximate surface area is 153 Å². The second kappa shape index (κ2) is 6.70. The van der Waals surface area contributed by atoms with Crippen LogP contribution in [0, 0.1) is 10.1 Å². The Morgan fingerprint density at radius 1 is 0.846 bits per heavy atom. The van der Waals surface area contributed by atoms with Crippen LogP contribution in [0.25, 0.3) is 12.2 Å². The van der Waals surface area contributed by atoms with Crippen molar-refractivity contribution in [1.82, 2.24) is 0 Å². The van der Waals surface area contributed by atoms with Gasteiger partial charge in [-0.15, -0.1) is 0 Å². The molecule has 3 rings (SSSR count). The zero-order valence-electron chi connectivity index (χ0n) is 15.4. The van der Waals surface area contributed by atoms with E-state index in [-0.39, 0.29) is 24.0 Å². The van der Waals surface area contributed by atoms with Crippen LogP contribution in [0.4, 0.5) is 5.69 Å². The summed E-state index contributed by atoms with van der Waals surface area (Å²) in [6.45, 7) is 8.14.